The summed E-state index contributed by atoms with van der Waals surface area (Å²) >= 11 is 0. The van der Waals surface area contributed by atoms with Crippen molar-refractivity contribution in [3.8, 4) is 0 Å². The molecule has 1 saturated heterocycles. The molecule has 94 valence electrons. The second kappa shape index (κ2) is 5.03. The van der Waals surface area contributed by atoms with Crippen LogP contribution in [-0.4, -0.2) is 28.2 Å². The molecule has 0 aromatic rings. The average molecular weight is 228 g/mol. The van der Waals surface area contributed by atoms with Crippen LogP contribution in [0.25, 0.3) is 0 Å². The van der Waals surface area contributed by atoms with Crippen molar-refractivity contribution < 1.29 is 14.9 Å². The predicted octanol–water partition coefficient (Wildman–Crippen LogP) is 2.35. The van der Waals surface area contributed by atoms with Crippen molar-refractivity contribution >= 4 is 0 Å². The highest BCUT2D eigenvalue weighted by molar-refractivity contribution is 4.95. The van der Waals surface area contributed by atoms with Crippen molar-refractivity contribution in [2.24, 2.45) is 0 Å². The second-order valence-electron chi connectivity index (χ2n) is 5.39. The van der Waals surface area contributed by atoms with E-state index in [9.17, 15) is 10.2 Å². The molecule has 1 heterocycles. The van der Waals surface area contributed by atoms with Gasteiger partial charge in [-0.3, -0.25) is 0 Å². The zero-order valence-electron chi connectivity index (χ0n) is 10.1. The van der Waals surface area contributed by atoms with Crippen LogP contribution in [0.4, 0.5) is 0 Å². The Morgan fingerprint density at radius 3 is 1.94 bits per heavy atom. The van der Waals surface area contributed by atoms with Gasteiger partial charge in [-0.05, 0) is 25.7 Å². The summed E-state index contributed by atoms with van der Waals surface area (Å²) in [5, 5.41) is 21.3. The monoisotopic (exact) mass is 228 g/mol. The zero-order chi connectivity index (χ0) is 11.5. The quantitative estimate of drug-likeness (QED) is 0.677. The fourth-order valence-electron chi connectivity index (χ4n) is 3.03. The van der Waals surface area contributed by atoms with Crippen LogP contribution >= 0.6 is 0 Å². The normalized spacial score (nSPS) is 36.4. The standard InChI is InChI=1S/C13H24O3/c14-12(8-4-1-2-5-9-12)13(15)10-6-3-7-11-16-13/h14-15H,1-11H2. The van der Waals surface area contributed by atoms with E-state index in [1.54, 1.807) is 0 Å². The van der Waals surface area contributed by atoms with Gasteiger partial charge in [0.15, 0.2) is 5.79 Å². The number of ether oxygens (including phenoxy) is 1. The summed E-state index contributed by atoms with van der Waals surface area (Å²) in [6.07, 6.45) is 9.34. The Hall–Kier alpha value is -0.120. The predicted molar refractivity (Wildman–Crippen MR) is 62.0 cm³/mol. The van der Waals surface area contributed by atoms with Crippen LogP contribution < -0.4 is 0 Å². The van der Waals surface area contributed by atoms with Crippen LogP contribution in [-0.2, 0) is 4.74 Å². The molecule has 0 spiro atoms. The summed E-state index contributed by atoms with van der Waals surface area (Å²) in [6, 6.07) is 0. The summed E-state index contributed by atoms with van der Waals surface area (Å²) in [5.41, 5.74) is -1.01. The number of aliphatic hydroxyl groups is 2. The highest BCUT2D eigenvalue weighted by Crippen LogP contribution is 2.40. The smallest absolute Gasteiger partial charge is 0.194 e. The maximum Gasteiger partial charge on any atom is 0.194 e. The molecule has 0 aromatic heterocycles. The SMILES string of the molecule is OC1(C2(O)CCCCCO2)CCCCCC1. The molecule has 1 unspecified atom stereocenters. The van der Waals surface area contributed by atoms with E-state index < -0.39 is 11.4 Å². The maximum absolute atomic E-state index is 10.7. The van der Waals surface area contributed by atoms with E-state index in [0.29, 0.717) is 25.9 Å². The van der Waals surface area contributed by atoms with Gasteiger partial charge in [-0.15, -0.1) is 0 Å². The van der Waals surface area contributed by atoms with Crippen LogP contribution in [0.1, 0.15) is 64.2 Å². The van der Waals surface area contributed by atoms with Crippen LogP contribution in [0.2, 0.25) is 0 Å². The van der Waals surface area contributed by atoms with Crippen molar-refractivity contribution in [3.63, 3.8) is 0 Å². The lowest BCUT2D eigenvalue weighted by molar-refractivity contribution is -0.303. The van der Waals surface area contributed by atoms with Crippen molar-refractivity contribution in [1.29, 1.82) is 0 Å². The van der Waals surface area contributed by atoms with Gasteiger partial charge in [0.2, 0.25) is 0 Å². The molecule has 2 N–H and O–H groups in total. The van der Waals surface area contributed by atoms with E-state index in [0.717, 1.165) is 32.1 Å². The minimum atomic E-state index is -1.28. The van der Waals surface area contributed by atoms with Crippen molar-refractivity contribution in [2.45, 2.75) is 75.6 Å². The molecule has 0 aromatic carbocycles. The third kappa shape index (κ3) is 2.41. The van der Waals surface area contributed by atoms with E-state index >= 15 is 0 Å². The molecule has 3 nitrogen and oxygen atoms in total. The molecule has 2 rings (SSSR count). The molecule has 1 saturated carbocycles. The number of rotatable bonds is 1. The molecule has 1 aliphatic heterocycles. The lowest BCUT2D eigenvalue weighted by atomic mass is 9.82. The highest BCUT2D eigenvalue weighted by atomic mass is 16.6. The summed E-state index contributed by atoms with van der Waals surface area (Å²) < 4.78 is 5.59. The van der Waals surface area contributed by atoms with Gasteiger partial charge in [0.05, 0.1) is 6.61 Å². The molecular formula is C13H24O3. The van der Waals surface area contributed by atoms with Crippen molar-refractivity contribution in [3.05, 3.63) is 0 Å². The van der Waals surface area contributed by atoms with Gasteiger partial charge in [-0.25, -0.2) is 0 Å². The largest absolute Gasteiger partial charge is 0.384 e. The minimum absolute atomic E-state index is 0.582. The molecule has 0 radical (unpaired) electrons. The molecule has 2 aliphatic rings. The lowest BCUT2D eigenvalue weighted by Gasteiger charge is -2.42. The average Bonchev–Trinajstić information content (AvgIpc) is 2.61. The molecule has 3 heteroatoms. The van der Waals surface area contributed by atoms with Crippen LogP contribution in [0.15, 0.2) is 0 Å². The van der Waals surface area contributed by atoms with Crippen molar-refractivity contribution in [2.75, 3.05) is 6.61 Å². The Labute approximate surface area is 97.8 Å². The Morgan fingerprint density at radius 1 is 0.688 bits per heavy atom. The fourth-order valence-corrected chi connectivity index (χ4v) is 3.03. The van der Waals surface area contributed by atoms with Gasteiger partial charge in [-0.2, -0.15) is 0 Å². The van der Waals surface area contributed by atoms with Gasteiger partial charge >= 0.3 is 0 Å². The Kier molecular flexibility index (Phi) is 3.88. The topological polar surface area (TPSA) is 49.7 Å². The molecule has 0 bridgehead atoms. The zero-order valence-corrected chi connectivity index (χ0v) is 10.1. The van der Waals surface area contributed by atoms with E-state index in [-0.39, 0.29) is 0 Å². The summed E-state index contributed by atoms with van der Waals surface area (Å²) in [5.74, 6) is -1.28. The fraction of sp³-hybridized carbons (Fsp3) is 1.00. The van der Waals surface area contributed by atoms with Crippen LogP contribution in [0, 0.1) is 0 Å². The van der Waals surface area contributed by atoms with Gasteiger partial charge in [0.25, 0.3) is 0 Å². The first-order valence-electron chi connectivity index (χ1n) is 6.75. The lowest BCUT2D eigenvalue weighted by Crippen LogP contribution is -2.55. The summed E-state index contributed by atoms with van der Waals surface area (Å²) in [4.78, 5) is 0. The third-order valence-corrected chi connectivity index (χ3v) is 4.16. The first-order chi connectivity index (χ1) is 7.66. The van der Waals surface area contributed by atoms with E-state index in [1.165, 1.54) is 12.8 Å². The van der Waals surface area contributed by atoms with Crippen molar-refractivity contribution in [1.82, 2.24) is 0 Å². The van der Waals surface area contributed by atoms with E-state index in [4.69, 9.17) is 4.74 Å². The van der Waals surface area contributed by atoms with Gasteiger partial charge in [-0.1, -0.05) is 32.1 Å². The number of hydrogen-bond acceptors (Lipinski definition) is 3. The first kappa shape index (κ1) is 12.3. The van der Waals surface area contributed by atoms with E-state index in [1.807, 2.05) is 0 Å². The Morgan fingerprint density at radius 2 is 1.25 bits per heavy atom. The van der Waals surface area contributed by atoms with Crippen LogP contribution in [0.3, 0.4) is 0 Å². The summed E-state index contributed by atoms with van der Waals surface area (Å²) in [6.45, 7) is 0.582. The Bertz CT molecular complexity index is 187. The number of hydrogen-bond donors (Lipinski definition) is 2. The molecule has 16 heavy (non-hydrogen) atoms. The molecule has 1 aliphatic carbocycles. The Balaban J connectivity index is 2.11. The highest BCUT2D eigenvalue weighted by Gasteiger charge is 2.50. The minimum Gasteiger partial charge on any atom is -0.384 e. The molecule has 0 amide bonds. The second-order valence-corrected chi connectivity index (χ2v) is 5.39. The maximum atomic E-state index is 10.7. The molecule has 2 fully saturated rings. The first-order valence-corrected chi connectivity index (χ1v) is 6.75. The van der Waals surface area contributed by atoms with Crippen LogP contribution in [0.5, 0.6) is 0 Å². The van der Waals surface area contributed by atoms with Gasteiger partial charge in [0.1, 0.15) is 5.60 Å². The van der Waals surface area contributed by atoms with Gasteiger partial charge in [0, 0.05) is 6.42 Å². The molecule has 1 atom stereocenters. The van der Waals surface area contributed by atoms with E-state index in [2.05, 4.69) is 0 Å². The van der Waals surface area contributed by atoms with Gasteiger partial charge < -0.3 is 14.9 Å². The molecular weight excluding hydrogens is 204 g/mol. The summed E-state index contributed by atoms with van der Waals surface area (Å²) in [7, 11) is 0. The third-order valence-electron chi connectivity index (χ3n) is 4.16.